The van der Waals surface area contributed by atoms with Crippen LogP contribution in [0.4, 0.5) is 5.95 Å². The lowest BCUT2D eigenvalue weighted by atomic mass is 10.2. The van der Waals surface area contributed by atoms with Gasteiger partial charge in [-0.2, -0.15) is 4.98 Å². The summed E-state index contributed by atoms with van der Waals surface area (Å²) in [4.78, 5) is 20.4. The molecule has 0 radical (unpaired) electrons. The van der Waals surface area contributed by atoms with Crippen molar-refractivity contribution in [3.63, 3.8) is 0 Å². The quantitative estimate of drug-likeness (QED) is 0.684. The second kappa shape index (κ2) is 5.26. The molecule has 1 aromatic heterocycles. The molecule has 0 saturated carbocycles. The van der Waals surface area contributed by atoms with E-state index in [0.29, 0.717) is 12.6 Å². The number of aromatic nitrogens is 2. The highest BCUT2D eigenvalue weighted by molar-refractivity contribution is 5.40. The second-order valence-electron chi connectivity index (χ2n) is 4.22. The normalized spacial score (nSPS) is 19.9. The summed E-state index contributed by atoms with van der Waals surface area (Å²) in [6, 6.07) is 0.208. The van der Waals surface area contributed by atoms with Crippen molar-refractivity contribution in [3.05, 3.63) is 10.4 Å². The molecule has 0 amide bonds. The van der Waals surface area contributed by atoms with E-state index in [9.17, 15) is 9.90 Å². The molecule has 1 atom stereocenters. The number of hydrogen-bond donors (Lipinski definition) is 3. The molecule has 0 spiro atoms. The van der Waals surface area contributed by atoms with Crippen molar-refractivity contribution in [1.82, 2.24) is 15.3 Å². The molecule has 1 unspecified atom stereocenters. The van der Waals surface area contributed by atoms with Crippen LogP contribution in [0.25, 0.3) is 0 Å². The number of aromatic hydroxyl groups is 1. The van der Waals surface area contributed by atoms with Crippen LogP contribution in [0.3, 0.4) is 0 Å². The first-order valence-electron chi connectivity index (χ1n) is 6.07. The number of H-pyrrole nitrogens is 1. The fraction of sp³-hybridized carbons (Fsp3) is 0.636. The Morgan fingerprint density at radius 1 is 1.61 bits per heavy atom. The van der Waals surface area contributed by atoms with Crippen LogP contribution in [-0.4, -0.2) is 47.4 Å². The second-order valence-corrected chi connectivity index (χ2v) is 4.22. The van der Waals surface area contributed by atoms with E-state index in [1.165, 1.54) is 0 Å². The number of ether oxygens (including phenoxy) is 1. The van der Waals surface area contributed by atoms with Gasteiger partial charge in [0, 0.05) is 25.7 Å². The first-order valence-corrected chi connectivity index (χ1v) is 6.07. The molecule has 0 aromatic carbocycles. The maximum atomic E-state index is 11.8. The molecule has 1 fully saturated rings. The Bertz CT molecular complexity index is 474. The lowest BCUT2D eigenvalue weighted by molar-refractivity contribution is 0.306. The predicted octanol–water partition coefficient (Wildman–Crippen LogP) is -0.328. The van der Waals surface area contributed by atoms with Crippen molar-refractivity contribution in [3.8, 4) is 11.6 Å². The minimum Gasteiger partial charge on any atom is -0.490 e. The summed E-state index contributed by atoms with van der Waals surface area (Å²) in [7, 11) is 0. The standard InChI is InChI=1S/C11H18N4O3/c1-3-18-8-9(16)13-11(14-10(8)17)15-5-4-12-6-7(15)2/h7,12H,3-6H2,1-2H3,(H2,13,14,16,17). The van der Waals surface area contributed by atoms with E-state index in [0.717, 1.165) is 19.6 Å². The van der Waals surface area contributed by atoms with Crippen LogP contribution in [0, 0.1) is 0 Å². The summed E-state index contributed by atoms with van der Waals surface area (Å²) in [6.45, 7) is 6.45. The van der Waals surface area contributed by atoms with Crippen LogP contribution in [0.1, 0.15) is 13.8 Å². The molecular formula is C11H18N4O3. The predicted molar refractivity (Wildman–Crippen MR) is 67.4 cm³/mol. The monoisotopic (exact) mass is 254 g/mol. The SMILES string of the molecule is CCOc1c(O)nc(N2CCNCC2C)[nH]c1=O. The van der Waals surface area contributed by atoms with Crippen LogP contribution >= 0.6 is 0 Å². The molecule has 7 heteroatoms. The van der Waals surface area contributed by atoms with E-state index in [1.807, 2.05) is 11.8 Å². The number of hydrogen-bond acceptors (Lipinski definition) is 6. The molecule has 2 heterocycles. The molecule has 100 valence electrons. The van der Waals surface area contributed by atoms with Crippen LogP contribution < -0.4 is 20.5 Å². The van der Waals surface area contributed by atoms with Crippen LogP contribution in [0.15, 0.2) is 4.79 Å². The maximum absolute atomic E-state index is 11.8. The molecular weight excluding hydrogens is 236 g/mol. The van der Waals surface area contributed by atoms with E-state index in [1.54, 1.807) is 6.92 Å². The Morgan fingerprint density at radius 3 is 3.00 bits per heavy atom. The number of rotatable bonds is 3. The van der Waals surface area contributed by atoms with Crippen molar-refractivity contribution >= 4 is 5.95 Å². The number of nitrogens with one attached hydrogen (secondary N) is 2. The van der Waals surface area contributed by atoms with E-state index < -0.39 is 5.56 Å². The Kier molecular flexibility index (Phi) is 3.71. The Morgan fingerprint density at radius 2 is 2.39 bits per heavy atom. The average Bonchev–Trinajstić information content (AvgIpc) is 2.34. The minimum atomic E-state index is -0.454. The molecule has 0 bridgehead atoms. The van der Waals surface area contributed by atoms with Crippen LogP contribution in [0.5, 0.6) is 11.6 Å². The summed E-state index contributed by atoms with van der Waals surface area (Å²) < 4.78 is 5.05. The number of nitrogens with zero attached hydrogens (tertiary/aromatic N) is 2. The van der Waals surface area contributed by atoms with Gasteiger partial charge in [0.2, 0.25) is 11.7 Å². The van der Waals surface area contributed by atoms with E-state index in [-0.39, 0.29) is 17.7 Å². The number of anilines is 1. The lowest BCUT2D eigenvalue weighted by Gasteiger charge is -2.34. The average molecular weight is 254 g/mol. The van der Waals surface area contributed by atoms with Crippen LogP contribution in [0.2, 0.25) is 0 Å². The summed E-state index contributed by atoms with van der Waals surface area (Å²) in [5.41, 5.74) is -0.454. The first-order chi connectivity index (χ1) is 8.63. The van der Waals surface area contributed by atoms with Crippen molar-refractivity contribution in [1.29, 1.82) is 0 Å². The highest BCUT2D eigenvalue weighted by Crippen LogP contribution is 2.21. The van der Waals surface area contributed by atoms with Crippen molar-refractivity contribution in [2.24, 2.45) is 0 Å². The van der Waals surface area contributed by atoms with Gasteiger partial charge in [-0.1, -0.05) is 0 Å². The molecule has 7 nitrogen and oxygen atoms in total. The van der Waals surface area contributed by atoms with Gasteiger partial charge in [0.25, 0.3) is 11.4 Å². The highest BCUT2D eigenvalue weighted by atomic mass is 16.5. The summed E-state index contributed by atoms with van der Waals surface area (Å²) in [5, 5.41) is 13.0. The van der Waals surface area contributed by atoms with Gasteiger partial charge in [0.05, 0.1) is 6.61 Å². The van der Waals surface area contributed by atoms with Crippen LogP contribution in [-0.2, 0) is 0 Å². The fourth-order valence-corrected chi connectivity index (χ4v) is 2.01. The Balaban J connectivity index is 2.32. The Labute approximate surface area is 105 Å². The summed E-state index contributed by atoms with van der Waals surface area (Å²) in [5.74, 6) is -0.0969. The summed E-state index contributed by atoms with van der Waals surface area (Å²) >= 11 is 0. The minimum absolute atomic E-state index is 0.121. The van der Waals surface area contributed by atoms with Gasteiger partial charge >= 0.3 is 0 Å². The largest absolute Gasteiger partial charge is 0.490 e. The zero-order valence-electron chi connectivity index (χ0n) is 10.6. The summed E-state index contributed by atoms with van der Waals surface area (Å²) in [6.07, 6.45) is 0. The molecule has 0 aliphatic carbocycles. The Hall–Kier alpha value is -1.76. The molecule has 1 saturated heterocycles. The van der Waals surface area contributed by atoms with Gasteiger partial charge in [-0.05, 0) is 13.8 Å². The van der Waals surface area contributed by atoms with Gasteiger partial charge in [0.15, 0.2) is 0 Å². The van der Waals surface area contributed by atoms with E-state index >= 15 is 0 Å². The van der Waals surface area contributed by atoms with Crippen molar-refractivity contribution in [2.75, 3.05) is 31.1 Å². The lowest BCUT2D eigenvalue weighted by Crippen LogP contribution is -2.50. The molecule has 1 aromatic rings. The maximum Gasteiger partial charge on any atom is 0.298 e. The number of piperazine rings is 1. The third kappa shape index (κ3) is 2.40. The zero-order chi connectivity index (χ0) is 13.1. The van der Waals surface area contributed by atoms with E-state index in [4.69, 9.17) is 4.74 Å². The van der Waals surface area contributed by atoms with E-state index in [2.05, 4.69) is 15.3 Å². The first kappa shape index (κ1) is 12.7. The van der Waals surface area contributed by atoms with Gasteiger partial charge in [0.1, 0.15) is 0 Å². The van der Waals surface area contributed by atoms with Crippen molar-refractivity contribution in [2.45, 2.75) is 19.9 Å². The smallest absolute Gasteiger partial charge is 0.298 e. The molecule has 2 rings (SSSR count). The molecule has 18 heavy (non-hydrogen) atoms. The van der Waals surface area contributed by atoms with Gasteiger partial charge in [-0.15, -0.1) is 0 Å². The topological polar surface area (TPSA) is 90.5 Å². The van der Waals surface area contributed by atoms with Crippen molar-refractivity contribution < 1.29 is 9.84 Å². The highest BCUT2D eigenvalue weighted by Gasteiger charge is 2.22. The fourth-order valence-electron chi connectivity index (χ4n) is 2.01. The third-order valence-electron chi connectivity index (χ3n) is 2.91. The zero-order valence-corrected chi connectivity index (χ0v) is 10.6. The number of aromatic amines is 1. The van der Waals surface area contributed by atoms with Gasteiger partial charge in [-0.3, -0.25) is 9.78 Å². The molecule has 3 N–H and O–H groups in total. The molecule has 1 aliphatic rings. The molecule has 1 aliphatic heterocycles. The van der Waals surface area contributed by atoms with Gasteiger partial charge < -0.3 is 20.1 Å². The van der Waals surface area contributed by atoms with Gasteiger partial charge in [-0.25, -0.2) is 0 Å². The third-order valence-corrected chi connectivity index (χ3v) is 2.91.